The SMILES string of the molecule is CC(=O)CCC[C@@H](C)[C@H]1CC[C@H]2[C@@H]3CC=C4CCCC(O)(O)[C@]4(C)[C@H]3CC[C@]12C. The summed E-state index contributed by atoms with van der Waals surface area (Å²) in [5.74, 6) is 1.89. The third-order valence-electron chi connectivity index (χ3n) is 10.2. The van der Waals surface area contributed by atoms with Crippen LogP contribution in [0.5, 0.6) is 0 Å². The molecule has 0 radical (unpaired) electrons. The molecule has 0 aromatic carbocycles. The molecule has 29 heavy (non-hydrogen) atoms. The second-order valence-corrected chi connectivity index (χ2v) is 11.5. The summed E-state index contributed by atoms with van der Waals surface area (Å²) in [6, 6.07) is 0. The molecular formula is C26H42O3. The standard InChI is InChI=1S/C26H42O3/c1-17(7-5-8-18(2)27)21-12-13-22-20-11-10-19-9-6-15-26(28,29)25(19,4)23(20)14-16-24(21,22)3/h10,17,20-23,28-29H,5-9,11-16H2,1-4H3/t17-,20+,21-,22+,23+,24-,25+/m1/s1. The largest absolute Gasteiger partial charge is 0.365 e. The number of hydrogen-bond acceptors (Lipinski definition) is 3. The van der Waals surface area contributed by atoms with Crippen molar-refractivity contribution in [3.63, 3.8) is 0 Å². The van der Waals surface area contributed by atoms with E-state index in [1.165, 1.54) is 31.3 Å². The number of fused-ring (bicyclic) bond motifs is 5. The van der Waals surface area contributed by atoms with Crippen molar-refractivity contribution >= 4 is 5.78 Å². The molecule has 4 aliphatic carbocycles. The minimum Gasteiger partial charge on any atom is -0.365 e. The van der Waals surface area contributed by atoms with E-state index in [0.717, 1.165) is 44.4 Å². The van der Waals surface area contributed by atoms with Crippen LogP contribution in [-0.2, 0) is 4.79 Å². The molecule has 0 amide bonds. The molecule has 3 nitrogen and oxygen atoms in total. The summed E-state index contributed by atoms with van der Waals surface area (Å²) in [6.07, 6.45) is 13.9. The van der Waals surface area contributed by atoms with Crippen molar-refractivity contribution in [3.8, 4) is 0 Å². The fourth-order valence-corrected chi connectivity index (χ4v) is 8.61. The number of carbonyl (C=O) groups is 1. The van der Waals surface area contributed by atoms with Gasteiger partial charge in [-0.05, 0) is 93.3 Å². The van der Waals surface area contributed by atoms with Crippen molar-refractivity contribution in [2.45, 2.75) is 104 Å². The predicted octanol–water partition coefficient (Wildman–Crippen LogP) is 5.64. The number of aliphatic hydroxyl groups is 2. The van der Waals surface area contributed by atoms with Crippen molar-refractivity contribution in [1.82, 2.24) is 0 Å². The van der Waals surface area contributed by atoms with Gasteiger partial charge in [-0.25, -0.2) is 0 Å². The molecule has 0 spiro atoms. The Bertz CT molecular complexity index is 679. The van der Waals surface area contributed by atoms with Gasteiger partial charge in [-0.3, -0.25) is 0 Å². The molecule has 4 aliphatic rings. The molecule has 0 aromatic rings. The van der Waals surface area contributed by atoms with Crippen molar-refractivity contribution < 1.29 is 15.0 Å². The average Bonchev–Trinajstić information content (AvgIpc) is 2.99. The first-order valence-corrected chi connectivity index (χ1v) is 12.2. The Morgan fingerprint density at radius 1 is 1.17 bits per heavy atom. The maximum atomic E-state index is 11.3. The molecule has 3 fully saturated rings. The first-order chi connectivity index (χ1) is 13.6. The van der Waals surface area contributed by atoms with Crippen LogP contribution < -0.4 is 0 Å². The maximum Gasteiger partial charge on any atom is 0.172 e. The van der Waals surface area contributed by atoms with Crippen LogP contribution in [0.4, 0.5) is 0 Å². The lowest BCUT2D eigenvalue weighted by Gasteiger charge is -2.61. The van der Waals surface area contributed by atoms with E-state index in [0.29, 0.717) is 41.3 Å². The van der Waals surface area contributed by atoms with Gasteiger partial charge in [0.1, 0.15) is 5.78 Å². The predicted molar refractivity (Wildman–Crippen MR) is 116 cm³/mol. The van der Waals surface area contributed by atoms with Gasteiger partial charge in [-0.1, -0.05) is 38.8 Å². The minimum atomic E-state index is -1.55. The molecule has 0 heterocycles. The summed E-state index contributed by atoms with van der Waals surface area (Å²) >= 11 is 0. The lowest BCUT2D eigenvalue weighted by atomic mass is 9.45. The highest BCUT2D eigenvalue weighted by molar-refractivity contribution is 5.75. The van der Waals surface area contributed by atoms with E-state index in [9.17, 15) is 15.0 Å². The van der Waals surface area contributed by atoms with Crippen LogP contribution in [0.2, 0.25) is 0 Å². The number of ketones is 1. The smallest absolute Gasteiger partial charge is 0.172 e. The van der Waals surface area contributed by atoms with Crippen LogP contribution >= 0.6 is 0 Å². The number of allylic oxidation sites excluding steroid dienone is 1. The lowest BCUT2D eigenvalue weighted by molar-refractivity contribution is -0.269. The molecular weight excluding hydrogens is 360 g/mol. The van der Waals surface area contributed by atoms with Gasteiger partial charge < -0.3 is 15.0 Å². The molecule has 4 rings (SSSR count). The maximum absolute atomic E-state index is 11.3. The molecule has 2 N–H and O–H groups in total. The third kappa shape index (κ3) is 3.26. The van der Waals surface area contributed by atoms with Crippen LogP contribution in [0.25, 0.3) is 0 Å². The number of rotatable bonds is 5. The van der Waals surface area contributed by atoms with E-state index in [1.54, 1.807) is 6.92 Å². The van der Waals surface area contributed by atoms with Crippen LogP contribution in [0.3, 0.4) is 0 Å². The van der Waals surface area contributed by atoms with E-state index in [1.807, 2.05) is 0 Å². The van der Waals surface area contributed by atoms with E-state index in [2.05, 4.69) is 26.8 Å². The Morgan fingerprint density at radius 2 is 1.93 bits per heavy atom. The van der Waals surface area contributed by atoms with Crippen LogP contribution in [0.15, 0.2) is 11.6 Å². The van der Waals surface area contributed by atoms with Gasteiger partial charge in [0.25, 0.3) is 0 Å². The Balaban J connectivity index is 1.55. The molecule has 7 atom stereocenters. The van der Waals surface area contributed by atoms with Gasteiger partial charge in [0, 0.05) is 18.3 Å². The van der Waals surface area contributed by atoms with Crippen LogP contribution in [0, 0.1) is 40.4 Å². The summed E-state index contributed by atoms with van der Waals surface area (Å²) in [5.41, 5.74) is 1.24. The number of carbonyl (C=O) groups excluding carboxylic acids is 1. The molecule has 0 saturated heterocycles. The normalized spacial score (nSPS) is 44.3. The average molecular weight is 403 g/mol. The molecule has 164 valence electrons. The van der Waals surface area contributed by atoms with Gasteiger partial charge in [-0.2, -0.15) is 0 Å². The van der Waals surface area contributed by atoms with Gasteiger partial charge in [0.2, 0.25) is 0 Å². The van der Waals surface area contributed by atoms with Crippen molar-refractivity contribution in [1.29, 1.82) is 0 Å². The first-order valence-electron chi connectivity index (χ1n) is 12.2. The Hall–Kier alpha value is -0.670. The first kappa shape index (κ1) is 21.6. The zero-order valence-corrected chi connectivity index (χ0v) is 19.0. The Kier molecular flexibility index (Phi) is 5.56. The van der Waals surface area contributed by atoms with Crippen LogP contribution in [-0.4, -0.2) is 21.8 Å². The van der Waals surface area contributed by atoms with E-state index >= 15 is 0 Å². The summed E-state index contributed by atoms with van der Waals surface area (Å²) in [7, 11) is 0. The second kappa shape index (κ2) is 7.48. The van der Waals surface area contributed by atoms with Gasteiger partial charge in [0.05, 0.1) is 0 Å². The lowest BCUT2D eigenvalue weighted by Crippen LogP contribution is -2.60. The van der Waals surface area contributed by atoms with E-state index in [4.69, 9.17) is 0 Å². The van der Waals surface area contributed by atoms with Crippen molar-refractivity contribution in [2.24, 2.45) is 40.4 Å². The number of Topliss-reactive ketones (excluding diaryl/α,β-unsaturated/α-hetero) is 1. The number of hydrogen-bond donors (Lipinski definition) is 2. The summed E-state index contributed by atoms with van der Waals surface area (Å²) < 4.78 is 0. The summed E-state index contributed by atoms with van der Waals surface area (Å²) in [4.78, 5) is 11.3. The molecule has 0 aromatic heterocycles. The Morgan fingerprint density at radius 3 is 2.66 bits per heavy atom. The topological polar surface area (TPSA) is 57.5 Å². The monoisotopic (exact) mass is 402 g/mol. The molecule has 3 heteroatoms. The van der Waals surface area contributed by atoms with Crippen molar-refractivity contribution in [2.75, 3.05) is 0 Å². The molecule has 0 aliphatic heterocycles. The van der Waals surface area contributed by atoms with E-state index in [-0.39, 0.29) is 0 Å². The van der Waals surface area contributed by atoms with Gasteiger partial charge in [-0.15, -0.1) is 0 Å². The fourth-order valence-electron chi connectivity index (χ4n) is 8.61. The zero-order chi connectivity index (χ0) is 21.0. The van der Waals surface area contributed by atoms with E-state index < -0.39 is 11.2 Å². The molecule has 0 bridgehead atoms. The summed E-state index contributed by atoms with van der Waals surface area (Å²) in [6.45, 7) is 8.82. The minimum absolute atomic E-state index is 0.315. The van der Waals surface area contributed by atoms with Crippen molar-refractivity contribution in [3.05, 3.63) is 11.6 Å². The van der Waals surface area contributed by atoms with Gasteiger partial charge >= 0.3 is 0 Å². The second-order valence-electron chi connectivity index (χ2n) is 11.5. The molecule has 0 unspecified atom stereocenters. The molecule has 3 saturated carbocycles. The highest BCUT2D eigenvalue weighted by Crippen LogP contribution is 2.68. The highest BCUT2D eigenvalue weighted by atomic mass is 16.5. The zero-order valence-electron chi connectivity index (χ0n) is 19.0. The van der Waals surface area contributed by atoms with Gasteiger partial charge in [0.15, 0.2) is 5.79 Å². The quantitative estimate of drug-likeness (QED) is 0.462. The third-order valence-corrected chi connectivity index (χ3v) is 10.2. The summed E-state index contributed by atoms with van der Waals surface area (Å²) in [5, 5.41) is 22.1. The Labute approximate surface area is 177 Å². The van der Waals surface area contributed by atoms with Crippen LogP contribution in [0.1, 0.15) is 98.3 Å². The fraction of sp³-hybridized carbons (Fsp3) is 0.885. The highest BCUT2D eigenvalue weighted by Gasteiger charge is 2.63.